The van der Waals surface area contributed by atoms with Crippen LogP contribution >= 0.6 is 11.3 Å². The normalized spacial score (nSPS) is 10.6. The molecule has 0 aliphatic carbocycles. The molecule has 96 valence electrons. The molecule has 1 N–H and O–H groups in total. The number of nitrogens with one attached hydrogen (secondary N) is 1. The SMILES string of the molecule is COc1ccc(CNCCc2ccsc2)cc1F. The first kappa shape index (κ1) is 13.1. The Labute approximate surface area is 110 Å². The summed E-state index contributed by atoms with van der Waals surface area (Å²) in [7, 11) is 1.47. The van der Waals surface area contributed by atoms with E-state index in [0.717, 1.165) is 18.5 Å². The molecule has 0 aliphatic heterocycles. The van der Waals surface area contributed by atoms with E-state index in [9.17, 15) is 4.39 Å². The number of halogens is 1. The van der Waals surface area contributed by atoms with Crippen LogP contribution in [0, 0.1) is 5.82 Å². The molecule has 0 aliphatic rings. The number of hydrogen-bond acceptors (Lipinski definition) is 3. The van der Waals surface area contributed by atoms with E-state index in [0.29, 0.717) is 6.54 Å². The first-order chi connectivity index (χ1) is 8.79. The van der Waals surface area contributed by atoms with E-state index >= 15 is 0 Å². The van der Waals surface area contributed by atoms with Gasteiger partial charge in [0.15, 0.2) is 11.6 Å². The van der Waals surface area contributed by atoms with Gasteiger partial charge in [0, 0.05) is 6.54 Å². The lowest BCUT2D eigenvalue weighted by Crippen LogP contribution is -2.16. The van der Waals surface area contributed by atoms with E-state index in [1.54, 1.807) is 17.4 Å². The molecule has 18 heavy (non-hydrogen) atoms. The molecule has 0 spiro atoms. The van der Waals surface area contributed by atoms with E-state index < -0.39 is 0 Å². The van der Waals surface area contributed by atoms with Crippen LogP contribution in [0.25, 0.3) is 0 Å². The highest BCUT2D eigenvalue weighted by Gasteiger charge is 2.02. The van der Waals surface area contributed by atoms with Crippen molar-refractivity contribution in [2.75, 3.05) is 13.7 Å². The van der Waals surface area contributed by atoms with Crippen molar-refractivity contribution in [3.05, 3.63) is 52.0 Å². The minimum atomic E-state index is -0.311. The number of hydrogen-bond donors (Lipinski definition) is 1. The van der Waals surface area contributed by atoms with Crippen molar-refractivity contribution in [1.82, 2.24) is 5.32 Å². The van der Waals surface area contributed by atoms with Gasteiger partial charge in [-0.1, -0.05) is 6.07 Å². The molecular weight excluding hydrogens is 249 g/mol. The molecule has 0 saturated heterocycles. The molecule has 0 bridgehead atoms. The lowest BCUT2D eigenvalue weighted by molar-refractivity contribution is 0.386. The van der Waals surface area contributed by atoms with Crippen LogP contribution in [0.5, 0.6) is 5.75 Å². The standard InChI is InChI=1S/C14H16FNOS/c1-17-14-3-2-12(8-13(14)15)9-16-6-4-11-5-7-18-10-11/h2-3,5,7-8,10,16H,4,6,9H2,1H3. The minimum Gasteiger partial charge on any atom is -0.494 e. The number of ether oxygens (including phenoxy) is 1. The molecule has 0 radical (unpaired) electrons. The summed E-state index contributed by atoms with van der Waals surface area (Å²) in [5, 5.41) is 7.53. The molecule has 0 fully saturated rings. The highest BCUT2D eigenvalue weighted by molar-refractivity contribution is 7.07. The van der Waals surface area contributed by atoms with Gasteiger partial charge in [-0.05, 0) is 53.1 Å². The van der Waals surface area contributed by atoms with Crippen LogP contribution in [-0.2, 0) is 13.0 Å². The number of thiophene rings is 1. The van der Waals surface area contributed by atoms with Gasteiger partial charge in [0.1, 0.15) is 0 Å². The largest absolute Gasteiger partial charge is 0.494 e. The topological polar surface area (TPSA) is 21.3 Å². The predicted octanol–water partition coefficient (Wildman–Crippen LogP) is 3.23. The van der Waals surface area contributed by atoms with Crippen molar-refractivity contribution in [1.29, 1.82) is 0 Å². The molecule has 0 atom stereocenters. The fraction of sp³-hybridized carbons (Fsp3) is 0.286. The molecule has 1 aromatic heterocycles. The zero-order valence-electron chi connectivity index (χ0n) is 10.3. The van der Waals surface area contributed by atoms with Gasteiger partial charge >= 0.3 is 0 Å². The smallest absolute Gasteiger partial charge is 0.165 e. The summed E-state index contributed by atoms with van der Waals surface area (Å²) in [6.45, 7) is 1.56. The second-order valence-electron chi connectivity index (χ2n) is 4.03. The number of methoxy groups -OCH3 is 1. The van der Waals surface area contributed by atoms with Crippen molar-refractivity contribution in [2.24, 2.45) is 0 Å². The van der Waals surface area contributed by atoms with Crippen LogP contribution in [0.4, 0.5) is 4.39 Å². The zero-order valence-corrected chi connectivity index (χ0v) is 11.1. The predicted molar refractivity (Wildman–Crippen MR) is 72.7 cm³/mol. The summed E-state index contributed by atoms with van der Waals surface area (Å²) < 4.78 is 18.3. The van der Waals surface area contributed by atoms with E-state index in [2.05, 4.69) is 22.1 Å². The summed E-state index contributed by atoms with van der Waals surface area (Å²) >= 11 is 1.71. The number of rotatable bonds is 6. The van der Waals surface area contributed by atoms with E-state index in [4.69, 9.17) is 4.74 Å². The summed E-state index contributed by atoms with van der Waals surface area (Å²) in [5.41, 5.74) is 2.27. The van der Waals surface area contributed by atoms with E-state index in [-0.39, 0.29) is 11.6 Å². The number of benzene rings is 1. The van der Waals surface area contributed by atoms with Gasteiger partial charge in [-0.3, -0.25) is 0 Å². The maximum atomic E-state index is 13.4. The van der Waals surface area contributed by atoms with Gasteiger partial charge in [-0.2, -0.15) is 11.3 Å². The summed E-state index contributed by atoms with van der Waals surface area (Å²) in [6.07, 6.45) is 1.00. The van der Waals surface area contributed by atoms with Gasteiger partial charge in [0.2, 0.25) is 0 Å². The molecule has 1 aromatic carbocycles. The summed E-state index contributed by atoms with van der Waals surface area (Å²) in [4.78, 5) is 0. The van der Waals surface area contributed by atoms with Gasteiger partial charge < -0.3 is 10.1 Å². The van der Waals surface area contributed by atoms with Crippen molar-refractivity contribution in [3.63, 3.8) is 0 Å². The molecule has 2 nitrogen and oxygen atoms in total. The Kier molecular flexibility index (Phi) is 4.73. The van der Waals surface area contributed by atoms with Crippen LogP contribution in [0.1, 0.15) is 11.1 Å². The lowest BCUT2D eigenvalue weighted by atomic mass is 10.2. The Bertz CT molecular complexity index is 485. The quantitative estimate of drug-likeness (QED) is 0.810. The van der Waals surface area contributed by atoms with Crippen LogP contribution in [0.15, 0.2) is 35.0 Å². The third-order valence-corrected chi connectivity index (χ3v) is 3.45. The highest BCUT2D eigenvalue weighted by atomic mass is 32.1. The third kappa shape index (κ3) is 3.55. The van der Waals surface area contributed by atoms with Gasteiger partial charge in [-0.25, -0.2) is 4.39 Å². The molecule has 0 unspecified atom stereocenters. The van der Waals surface area contributed by atoms with Gasteiger partial charge in [0.25, 0.3) is 0 Å². The van der Waals surface area contributed by atoms with Crippen LogP contribution in [0.2, 0.25) is 0 Å². The Morgan fingerprint density at radius 2 is 2.17 bits per heavy atom. The average Bonchev–Trinajstić information content (AvgIpc) is 2.88. The minimum absolute atomic E-state index is 0.289. The second kappa shape index (κ2) is 6.52. The molecular formula is C14H16FNOS. The molecule has 2 aromatic rings. The first-order valence-electron chi connectivity index (χ1n) is 5.84. The van der Waals surface area contributed by atoms with Crippen LogP contribution in [0.3, 0.4) is 0 Å². The maximum Gasteiger partial charge on any atom is 0.165 e. The van der Waals surface area contributed by atoms with Gasteiger partial charge in [0.05, 0.1) is 7.11 Å². The Balaban J connectivity index is 1.78. The Hall–Kier alpha value is -1.39. The fourth-order valence-electron chi connectivity index (χ4n) is 1.72. The van der Waals surface area contributed by atoms with Crippen molar-refractivity contribution in [3.8, 4) is 5.75 Å². The van der Waals surface area contributed by atoms with Crippen molar-refractivity contribution < 1.29 is 9.13 Å². The molecule has 0 saturated carbocycles. The maximum absolute atomic E-state index is 13.4. The second-order valence-corrected chi connectivity index (χ2v) is 4.81. The Morgan fingerprint density at radius 1 is 1.28 bits per heavy atom. The van der Waals surface area contributed by atoms with Gasteiger partial charge in [-0.15, -0.1) is 0 Å². The fourth-order valence-corrected chi connectivity index (χ4v) is 2.42. The van der Waals surface area contributed by atoms with Crippen molar-refractivity contribution >= 4 is 11.3 Å². The molecule has 4 heteroatoms. The molecule has 2 rings (SSSR count). The summed E-state index contributed by atoms with van der Waals surface area (Å²) in [5.74, 6) is -0.0216. The monoisotopic (exact) mass is 265 g/mol. The van der Waals surface area contributed by atoms with Crippen LogP contribution in [-0.4, -0.2) is 13.7 Å². The lowest BCUT2D eigenvalue weighted by Gasteiger charge is -2.06. The van der Waals surface area contributed by atoms with Crippen molar-refractivity contribution in [2.45, 2.75) is 13.0 Å². The zero-order chi connectivity index (χ0) is 12.8. The van der Waals surface area contributed by atoms with Crippen LogP contribution < -0.4 is 10.1 Å². The Morgan fingerprint density at radius 3 is 2.83 bits per heavy atom. The molecule has 1 heterocycles. The van der Waals surface area contributed by atoms with E-state index in [1.165, 1.54) is 18.7 Å². The summed E-state index contributed by atoms with van der Waals surface area (Å²) in [6, 6.07) is 7.17. The first-order valence-corrected chi connectivity index (χ1v) is 6.78. The average molecular weight is 265 g/mol. The highest BCUT2D eigenvalue weighted by Crippen LogP contribution is 2.17. The third-order valence-electron chi connectivity index (χ3n) is 2.72. The molecule has 0 amide bonds. The van der Waals surface area contributed by atoms with E-state index in [1.807, 2.05) is 6.07 Å².